The van der Waals surface area contributed by atoms with Crippen LogP contribution < -0.4 is 4.90 Å². The third-order valence-corrected chi connectivity index (χ3v) is 2.82. The van der Waals surface area contributed by atoms with Crippen molar-refractivity contribution in [2.24, 2.45) is 5.18 Å². The number of rotatable bonds is 2. The summed E-state index contributed by atoms with van der Waals surface area (Å²) in [5.74, 6) is 0. The van der Waals surface area contributed by atoms with Crippen LogP contribution in [0.2, 0.25) is 0 Å². The van der Waals surface area contributed by atoms with Crippen LogP contribution in [0.3, 0.4) is 0 Å². The summed E-state index contributed by atoms with van der Waals surface area (Å²) in [7, 11) is 0. The summed E-state index contributed by atoms with van der Waals surface area (Å²) in [6, 6.07) is 8.09. The molecular formula is C11H14N2O. The van der Waals surface area contributed by atoms with Gasteiger partial charge >= 0.3 is 0 Å². The van der Waals surface area contributed by atoms with Crippen LogP contribution in [0.5, 0.6) is 0 Å². The first-order valence-corrected chi connectivity index (χ1v) is 5.01. The lowest BCUT2D eigenvalue weighted by molar-refractivity contribution is 0.735. The smallest absolute Gasteiger partial charge is 0.110 e. The van der Waals surface area contributed by atoms with E-state index in [9.17, 15) is 4.91 Å². The Labute approximate surface area is 83.7 Å². The Hall–Kier alpha value is -1.38. The maximum Gasteiger partial charge on any atom is 0.110 e. The molecule has 1 aliphatic rings. The molecule has 0 spiro atoms. The number of nitrogens with zero attached hydrogens (tertiary/aromatic N) is 2. The van der Waals surface area contributed by atoms with Crippen LogP contribution in [0.25, 0.3) is 0 Å². The van der Waals surface area contributed by atoms with E-state index in [1.165, 1.54) is 12.8 Å². The van der Waals surface area contributed by atoms with Crippen molar-refractivity contribution in [1.29, 1.82) is 0 Å². The van der Waals surface area contributed by atoms with E-state index in [0.717, 1.165) is 12.2 Å². The number of anilines is 1. The second-order valence-corrected chi connectivity index (χ2v) is 3.80. The van der Waals surface area contributed by atoms with Crippen LogP contribution in [0, 0.1) is 4.91 Å². The van der Waals surface area contributed by atoms with E-state index >= 15 is 0 Å². The quantitative estimate of drug-likeness (QED) is 0.671. The van der Waals surface area contributed by atoms with Gasteiger partial charge in [-0.2, -0.15) is 0 Å². The zero-order valence-corrected chi connectivity index (χ0v) is 8.31. The Kier molecular flexibility index (Phi) is 2.48. The fourth-order valence-corrected chi connectivity index (χ4v) is 2.05. The normalized spacial score (nSPS) is 21.2. The van der Waals surface area contributed by atoms with Gasteiger partial charge in [-0.3, -0.25) is 0 Å². The minimum absolute atomic E-state index is 0.515. The molecule has 0 unspecified atom stereocenters. The summed E-state index contributed by atoms with van der Waals surface area (Å²) >= 11 is 0. The fourth-order valence-electron chi connectivity index (χ4n) is 2.05. The fraction of sp³-hybridized carbons (Fsp3) is 0.455. The lowest BCUT2D eigenvalue weighted by Gasteiger charge is -2.23. The van der Waals surface area contributed by atoms with E-state index in [2.05, 4.69) is 17.0 Å². The largest absolute Gasteiger partial charge is 0.369 e. The zero-order chi connectivity index (χ0) is 9.97. The number of hydrogen-bond donors (Lipinski definition) is 0. The summed E-state index contributed by atoms with van der Waals surface area (Å²) in [5.41, 5.74) is 1.63. The van der Waals surface area contributed by atoms with Crippen molar-refractivity contribution >= 4 is 11.4 Å². The number of hydrogen-bond acceptors (Lipinski definition) is 3. The predicted molar refractivity (Wildman–Crippen MR) is 57.9 cm³/mol. The monoisotopic (exact) mass is 190 g/mol. The van der Waals surface area contributed by atoms with E-state index < -0.39 is 0 Å². The Bertz CT molecular complexity index is 338. The molecule has 0 amide bonds. The van der Waals surface area contributed by atoms with Gasteiger partial charge < -0.3 is 4.90 Å². The average molecular weight is 190 g/mol. The molecule has 3 nitrogen and oxygen atoms in total. The van der Waals surface area contributed by atoms with Crippen molar-refractivity contribution in [1.82, 2.24) is 0 Å². The summed E-state index contributed by atoms with van der Waals surface area (Å²) in [5, 5.41) is 2.95. The highest BCUT2D eigenvalue weighted by molar-refractivity contribution is 5.56. The van der Waals surface area contributed by atoms with Crippen LogP contribution in [0.15, 0.2) is 29.4 Å². The van der Waals surface area contributed by atoms with E-state index in [1.54, 1.807) is 6.07 Å². The van der Waals surface area contributed by atoms with Gasteiger partial charge in [0.15, 0.2) is 0 Å². The standard InChI is InChI=1S/C11H14N2O/c1-9-4-3-7-13(9)11-6-2-5-10(8-11)12-14/h2,5-6,8-9H,3-4,7H2,1H3/t9-/m0/s1. The van der Waals surface area contributed by atoms with Crippen LogP contribution in [0.4, 0.5) is 11.4 Å². The van der Waals surface area contributed by atoms with Crippen molar-refractivity contribution < 1.29 is 0 Å². The molecule has 0 radical (unpaired) electrons. The molecule has 1 saturated heterocycles. The van der Waals surface area contributed by atoms with Gasteiger partial charge in [-0.05, 0) is 43.1 Å². The molecule has 14 heavy (non-hydrogen) atoms. The topological polar surface area (TPSA) is 32.7 Å². The molecule has 1 fully saturated rings. The highest BCUT2D eigenvalue weighted by atomic mass is 16.3. The third kappa shape index (κ3) is 1.62. The predicted octanol–water partition coefficient (Wildman–Crippen LogP) is 3.07. The van der Waals surface area contributed by atoms with Crippen molar-refractivity contribution in [2.75, 3.05) is 11.4 Å². The second kappa shape index (κ2) is 3.78. The summed E-state index contributed by atoms with van der Waals surface area (Å²) < 4.78 is 0. The van der Waals surface area contributed by atoms with Crippen molar-refractivity contribution in [2.45, 2.75) is 25.8 Å². The van der Waals surface area contributed by atoms with Gasteiger partial charge in [-0.1, -0.05) is 6.07 Å². The van der Waals surface area contributed by atoms with E-state index in [-0.39, 0.29) is 0 Å². The van der Waals surface area contributed by atoms with Crippen molar-refractivity contribution in [3.8, 4) is 0 Å². The second-order valence-electron chi connectivity index (χ2n) is 3.80. The molecule has 0 aromatic heterocycles. The Morgan fingerprint density at radius 1 is 1.50 bits per heavy atom. The molecular weight excluding hydrogens is 176 g/mol. The molecule has 1 aromatic rings. The van der Waals surface area contributed by atoms with Gasteiger partial charge in [0.05, 0.1) is 0 Å². The molecule has 0 bridgehead atoms. The van der Waals surface area contributed by atoms with Crippen LogP contribution in [0.1, 0.15) is 19.8 Å². The summed E-state index contributed by atoms with van der Waals surface area (Å²) in [6.45, 7) is 3.30. The van der Waals surface area contributed by atoms with E-state index in [1.807, 2.05) is 18.2 Å². The lowest BCUT2D eigenvalue weighted by Crippen LogP contribution is -2.25. The minimum atomic E-state index is 0.515. The summed E-state index contributed by atoms with van der Waals surface area (Å²) in [6.07, 6.45) is 2.47. The van der Waals surface area contributed by atoms with Crippen molar-refractivity contribution in [3.63, 3.8) is 0 Å². The summed E-state index contributed by atoms with van der Waals surface area (Å²) in [4.78, 5) is 12.7. The number of nitroso groups, excluding NO2 is 1. The maximum atomic E-state index is 10.4. The molecule has 0 aliphatic carbocycles. The van der Waals surface area contributed by atoms with Gasteiger partial charge in [-0.15, -0.1) is 4.91 Å². The first kappa shape index (κ1) is 9.19. The molecule has 3 heteroatoms. The van der Waals surface area contributed by atoms with Gasteiger partial charge in [0.1, 0.15) is 5.69 Å². The first-order valence-electron chi connectivity index (χ1n) is 5.01. The lowest BCUT2D eigenvalue weighted by atomic mass is 10.2. The Balaban J connectivity index is 2.26. The molecule has 2 rings (SSSR count). The Morgan fingerprint density at radius 3 is 3.00 bits per heavy atom. The SMILES string of the molecule is C[C@H]1CCCN1c1cccc(N=O)c1. The first-order chi connectivity index (χ1) is 6.81. The van der Waals surface area contributed by atoms with Crippen LogP contribution in [-0.2, 0) is 0 Å². The van der Waals surface area contributed by atoms with Gasteiger partial charge in [0, 0.05) is 18.3 Å². The molecule has 0 N–H and O–H groups in total. The van der Waals surface area contributed by atoms with Crippen molar-refractivity contribution in [3.05, 3.63) is 29.2 Å². The van der Waals surface area contributed by atoms with Gasteiger partial charge in [0.2, 0.25) is 0 Å². The zero-order valence-electron chi connectivity index (χ0n) is 8.31. The number of benzene rings is 1. The van der Waals surface area contributed by atoms with E-state index in [4.69, 9.17) is 0 Å². The highest BCUT2D eigenvalue weighted by Gasteiger charge is 2.20. The molecule has 1 aliphatic heterocycles. The van der Waals surface area contributed by atoms with Gasteiger partial charge in [0.25, 0.3) is 0 Å². The molecule has 1 heterocycles. The van der Waals surface area contributed by atoms with Crippen LogP contribution >= 0.6 is 0 Å². The molecule has 0 saturated carbocycles. The molecule has 74 valence electrons. The van der Waals surface area contributed by atoms with E-state index in [0.29, 0.717) is 11.7 Å². The average Bonchev–Trinajstić information content (AvgIpc) is 2.65. The Morgan fingerprint density at radius 2 is 2.36 bits per heavy atom. The molecule has 1 aromatic carbocycles. The molecule has 1 atom stereocenters. The minimum Gasteiger partial charge on any atom is -0.369 e. The highest BCUT2D eigenvalue weighted by Crippen LogP contribution is 2.27. The van der Waals surface area contributed by atoms with Gasteiger partial charge in [-0.25, -0.2) is 0 Å². The van der Waals surface area contributed by atoms with Crippen LogP contribution in [-0.4, -0.2) is 12.6 Å². The third-order valence-electron chi connectivity index (χ3n) is 2.82. The maximum absolute atomic E-state index is 10.4.